The molecule has 1 aromatic rings. The molecule has 1 aliphatic heterocycles. The molecule has 1 fully saturated rings. The Morgan fingerprint density at radius 1 is 1.50 bits per heavy atom. The molecule has 0 spiro atoms. The first-order valence-electron chi connectivity index (χ1n) is 6.92. The third-order valence-electron chi connectivity index (χ3n) is 4.02. The van der Waals surface area contributed by atoms with E-state index >= 15 is 0 Å². The zero-order chi connectivity index (χ0) is 14.6. The highest BCUT2D eigenvalue weighted by Gasteiger charge is 2.39. The zero-order valence-corrected chi connectivity index (χ0v) is 13.3. The molecule has 1 atom stereocenters. The largest absolute Gasteiger partial charge is 0.381 e. The van der Waals surface area contributed by atoms with Gasteiger partial charge in [0, 0.05) is 24.2 Å². The van der Waals surface area contributed by atoms with E-state index in [1.807, 2.05) is 31.2 Å². The molecule has 0 aromatic heterocycles. The molecule has 1 aliphatic rings. The summed E-state index contributed by atoms with van der Waals surface area (Å²) in [5.74, 6) is 0.0378. The van der Waals surface area contributed by atoms with Crippen molar-refractivity contribution in [2.45, 2.75) is 25.8 Å². The van der Waals surface area contributed by atoms with E-state index in [9.17, 15) is 4.79 Å². The molecule has 0 bridgehead atoms. The standard InChI is InChI=1S/C15H21BrN2O2/c1-11(12-3-2-4-13(16)9-12)18-14(19)15(10-17)5-7-20-8-6-15/h2-4,9,11H,5-8,10,17H2,1H3,(H,18,19)/t11-/m1/s1. The Morgan fingerprint density at radius 2 is 2.20 bits per heavy atom. The number of hydrogen-bond acceptors (Lipinski definition) is 3. The SMILES string of the molecule is C[C@@H](NC(=O)C1(CN)CCOCC1)c1cccc(Br)c1. The number of hydrogen-bond donors (Lipinski definition) is 2. The van der Waals surface area contributed by atoms with Crippen molar-refractivity contribution in [2.75, 3.05) is 19.8 Å². The van der Waals surface area contributed by atoms with Crippen LogP contribution in [0.4, 0.5) is 0 Å². The third kappa shape index (κ3) is 3.40. The van der Waals surface area contributed by atoms with Gasteiger partial charge in [0.2, 0.25) is 5.91 Å². The minimum absolute atomic E-state index is 0.0359. The summed E-state index contributed by atoms with van der Waals surface area (Å²) >= 11 is 3.45. The summed E-state index contributed by atoms with van der Waals surface area (Å²) in [4.78, 5) is 12.6. The van der Waals surface area contributed by atoms with Crippen molar-refractivity contribution < 1.29 is 9.53 Å². The number of ether oxygens (including phenoxy) is 1. The molecule has 0 saturated carbocycles. The van der Waals surface area contributed by atoms with Gasteiger partial charge >= 0.3 is 0 Å². The second kappa shape index (κ2) is 6.70. The van der Waals surface area contributed by atoms with Gasteiger partial charge in [-0.1, -0.05) is 28.1 Å². The first-order valence-corrected chi connectivity index (χ1v) is 7.71. The van der Waals surface area contributed by atoms with Crippen molar-refractivity contribution in [1.82, 2.24) is 5.32 Å². The summed E-state index contributed by atoms with van der Waals surface area (Å²) in [5.41, 5.74) is 6.46. The number of rotatable bonds is 4. The van der Waals surface area contributed by atoms with Crippen LogP contribution in [0, 0.1) is 5.41 Å². The van der Waals surface area contributed by atoms with Gasteiger partial charge in [0.05, 0.1) is 11.5 Å². The molecular weight excluding hydrogens is 320 g/mol. The Kier molecular flexibility index (Phi) is 5.18. The topological polar surface area (TPSA) is 64.4 Å². The van der Waals surface area contributed by atoms with Crippen LogP contribution in [0.2, 0.25) is 0 Å². The predicted molar refractivity (Wildman–Crippen MR) is 82.2 cm³/mol. The number of benzene rings is 1. The highest BCUT2D eigenvalue weighted by Crippen LogP contribution is 2.30. The number of carbonyl (C=O) groups excluding carboxylic acids is 1. The normalized spacial score (nSPS) is 19.4. The summed E-state index contributed by atoms with van der Waals surface area (Å²) in [6.07, 6.45) is 1.39. The van der Waals surface area contributed by atoms with Gasteiger partial charge < -0.3 is 15.8 Å². The van der Waals surface area contributed by atoms with Crippen LogP contribution in [0.25, 0.3) is 0 Å². The van der Waals surface area contributed by atoms with Crippen molar-refractivity contribution >= 4 is 21.8 Å². The molecule has 1 saturated heterocycles. The number of nitrogens with two attached hydrogens (primary N) is 1. The first kappa shape index (κ1) is 15.5. The fourth-order valence-electron chi connectivity index (χ4n) is 2.50. The highest BCUT2D eigenvalue weighted by molar-refractivity contribution is 9.10. The van der Waals surface area contributed by atoms with Crippen LogP contribution in [-0.2, 0) is 9.53 Å². The summed E-state index contributed by atoms with van der Waals surface area (Å²) in [6.45, 7) is 3.57. The molecule has 20 heavy (non-hydrogen) atoms. The van der Waals surface area contributed by atoms with Crippen LogP contribution in [0.15, 0.2) is 28.7 Å². The molecule has 0 aliphatic carbocycles. The van der Waals surface area contributed by atoms with Crippen LogP contribution in [0.3, 0.4) is 0 Å². The molecular formula is C15H21BrN2O2. The van der Waals surface area contributed by atoms with E-state index in [1.165, 1.54) is 0 Å². The Bertz CT molecular complexity index is 473. The Morgan fingerprint density at radius 3 is 2.80 bits per heavy atom. The Labute approximate surface area is 128 Å². The smallest absolute Gasteiger partial charge is 0.228 e. The first-order chi connectivity index (χ1) is 9.57. The van der Waals surface area contributed by atoms with E-state index in [2.05, 4.69) is 21.2 Å². The van der Waals surface area contributed by atoms with Crippen molar-refractivity contribution in [3.05, 3.63) is 34.3 Å². The maximum absolute atomic E-state index is 12.6. The lowest BCUT2D eigenvalue weighted by Crippen LogP contribution is -2.49. The average Bonchev–Trinajstić information content (AvgIpc) is 2.47. The van der Waals surface area contributed by atoms with Gasteiger partial charge in [0.1, 0.15) is 0 Å². The maximum atomic E-state index is 12.6. The molecule has 0 unspecified atom stereocenters. The third-order valence-corrected chi connectivity index (χ3v) is 4.51. The monoisotopic (exact) mass is 340 g/mol. The van der Waals surface area contributed by atoms with E-state index in [-0.39, 0.29) is 11.9 Å². The molecule has 0 radical (unpaired) electrons. The maximum Gasteiger partial charge on any atom is 0.228 e. The van der Waals surface area contributed by atoms with Crippen LogP contribution in [0.1, 0.15) is 31.4 Å². The van der Waals surface area contributed by atoms with Gasteiger partial charge in [-0.15, -0.1) is 0 Å². The molecule has 2 rings (SSSR count). The van der Waals surface area contributed by atoms with Crippen LogP contribution in [-0.4, -0.2) is 25.7 Å². The lowest BCUT2D eigenvalue weighted by Gasteiger charge is -2.35. The highest BCUT2D eigenvalue weighted by atomic mass is 79.9. The summed E-state index contributed by atoms with van der Waals surface area (Å²) in [5, 5.41) is 3.09. The minimum Gasteiger partial charge on any atom is -0.381 e. The average molecular weight is 341 g/mol. The van der Waals surface area contributed by atoms with Gasteiger partial charge in [-0.05, 0) is 37.5 Å². The fourth-order valence-corrected chi connectivity index (χ4v) is 2.91. The van der Waals surface area contributed by atoms with E-state index in [0.29, 0.717) is 32.6 Å². The van der Waals surface area contributed by atoms with Gasteiger partial charge in [0.25, 0.3) is 0 Å². The molecule has 1 heterocycles. The molecule has 110 valence electrons. The van der Waals surface area contributed by atoms with Crippen LogP contribution < -0.4 is 11.1 Å². The van der Waals surface area contributed by atoms with E-state index in [1.54, 1.807) is 0 Å². The predicted octanol–water partition coefficient (Wildman–Crippen LogP) is 2.38. The molecule has 3 N–H and O–H groups in total. The zero-order valence-electron chi connectivity index (χ0n) is 11.7. The summed E-state index contributed by atoms with van der Waals surface area (Å²) < 4.78 is 6.35. The van der Waals surface area contributed by atoms with Crippen molar-refractivity contribution in [3.8, 4) is 0 Å². The van der Waals surface area contributed by atoms with Crippen LogP contribution in [0.5, 0.6) is 0 Å². The van der Waals surface area contributed by atoms with E-state index < -0.39 is 5.41 Å². The van der Waals surface area contributed by atoms with Gasteiger partial charge in [-0.25, -0.2) is 0 Å². The molecule has 4 nitrogen and oxygen atoms in total. The number of amides is 1. The van der Waals surface area contributed by atoms with E-state index in [0.717, 1.165) is 10.0 Å². The second-order valence-electron chi connectivity index (χ2n) is 5.35. The second-order valence-corrected chi connectivity index (χ2v) is 6.26. The summed E-state index contributed by atoms with van der Waals surface area (Å²) in [7, 11) is 0. The Hall–Kier alpha value is -0.910. The number of carbonyl (C=O) groups is 1. The number of nitrogens with one attached hydrogen (secondary N) is 1. The molecule has 1 amide bonds. The molecule has 1 aromatic carbocycles. The van der Waals surface area contributed by atoms with Gasteiger partial charge in [0.15, 0.2) is 0 Å². The quantitative estimate of drug-likeness (QED) is 0.884. The lowest BCUT2D eigenvalue weighted by molar-refractivity contribution is -0.136. The minimum atomic E-state index is -0.474. The fraction of sp³-hybridized carbons (Fsp3) is 0.533. The Balaban J connectivity index is 2.06. The summed E-state index contributed by atoms with van der Waals surface area (Å²) in [6, 6.07) is 7.93. The number of halogens is 1. The van der Waals surface area contributed by atoms with Gasteiger partial charge in [-0.3, -0.25) is 4.79 Å². The van der Waals surface area contributed by atoms with E-state index in [4.69, 9.17) is 10.5 Å². The lowest BCUT2D eigenvalue weighted by atomic mass is 9.79. The van der Waals surface area contributed by atoms with Crippen molar-refractivity contribution in [3.63, 3.8) is 0 Å². The molecule has 5 heteroatoms. The van der Waals surface area contributed by atoms with Crippen molar-refractivity contribution in [2.24, 2.45) is 11.1 Å². The van der Waals surface area contributed by atoms with Crippen LogP contribution >= 0.6 is 15.9 Å². The van der Waals surface area contributed by atoms with Crippen molar-refractivity contribution in [1.29, 1.82) is 0 Å². The van der Waals surface area contributed by atoms with Gasteiger partial charge in [-0.2, -0.15) is 0 Å².